The van der Waals surface area contributed by atoms with E-state index in [-0.39, 0.29) is 17.8 Å². The molecule has 2 aromatic rings. The van der Waals surface area contributed by atoms with Gasteiger partial charge in [0.1, 0.15) is 11.6 Å². The first-order valence-corrected chi connectivity index (χ1v) is 8.14. The van der Waals surface area contributed by atoms with Gasteiger partial charge in [0.05, 0.1) is 6.61 Å². The van der Waals surface area contributed by atoms with Crippen molar-refractivity contribution in [3.63, 3.8) is 0 Å². The molecule has 0 bridgehead atoms. The zero-order chi connectivity index (χ0) is 16.9. The maximum absolute atomic E-state index is 13.4. The molecule has 1 atom stereocenters. The average Bonchev–Trinajstić information content (AvgIpc) is 2.74. The zero-order valence-electron chi connectivity index (χ0n) is 13.6. The van der Waals surface area contributed by atoms with Gasteiger partial charge in [-0.25, -0.2) is 4.39 Å². The Kier molecular flexibility index (Phi) is 5.11. The van der Waals surface area contributed by atoms with Gasteiger partial charge < -0.3 is 15.4 Å². The van der Waals surface area contributed by atoms with Crippen molar-refractivity contribution in [1.82, 2.24) is 5.32 Å². The molecular formula is C19H21FN2O2. The SMILES string of the molecule is CC(=O)Nc1cccc(CN[C@H]2CCCOc3cc(F)ccc32)c1. The molecule has 0 fully saturated rings. The van der Waals surface area contributed by atoms with Gasteiger partial charge in [0.2, 0.25) is 5.91 Å². The maximum Gasteiger partial charge on any atom is 0.221 e. The average molecular weight is 328 g/mol. The first-order valence-electron chi connectivity index (χ1n) is 8.14. The molecule has 0 spiro atoms. The third-order valence-electron chi connectivity index (χ3n) is 4.05. The van der Waals surface area contributed by atoms with Gasteiger partial charge in [-0.05, 0) is 36.6 Å². The minimum Gasteiger partial charge on any atom is -0.493 e. The number of amides is 1. The molecule has 0 aromatic heterocycles. The summed E-state index contributed by atoms with van der Waals surface area (Å²) in [5.41, 5.74) is 2.86. The highest BCUT2D eigenvalue weighted by Crippen LogP contribution is 2.32. The lowest BCUT2D eigenvalue weighted by Gasteiger charge is -2.19. The highest BCUT2D eigenvalue weighted by Gasteiger charge is 2.19. The smallest absolute Gasteiger partial charge is 0.221 e. The van der Waals surface area contributed by atoms with E-state index < -0.39 is 0 Å². The Morgan fingerprint density at radius 3 is 3.00 bits per heavy atom. The van der Waals surface area contributed by atoms with Crippen LogP contribution in [0.5, 0.6) is 5.75 Å². The number of fused-ring (bicyclic) bond motifs is 1. The molecular weight excluding hydrogens is 307 g/mol. The number of nitrogens with one attached hydrogen (secondary N) is 2. The van der Waals surface area contributed by atoms with Crippen LogP contribution in [0.3, 0.4) is 0 Å². The van der Waals surface area contributed by atoms with Crippen LogP contribution in [0.1, 0.15) is 36.9 Å². The third kappa shape index (κ3) is 4.11. The fraction of sp³-hybridized carbons (Fsp3) is 0.316. The number of carbonyl (C=O) groups excluding carboxylic acids is 1. The molecule has 24 heavy (non-hydrogen) atoms. The Hall–Kier alpha value is -2.40. The highest BCUT2D eigenvalue weighted by atomic mass is 19.1. The van der Waals surface area contributed by atoms with Crippen molar-refractivity contribution in [2.45, 2.75) is 32.4 Å². The summed E-state index contributed by atoms with van der Waals surface area (Å²) in [6.45, 7) is 2.76. The minimum absolute atomic E-state index is 0.0861. The second kappa shape index (κ2) is 7.45. The molecule has 4 nitrogen and oxygen atoms in total. The Labute approximate surface area is 141 Å². The molecule has 1 heterocycles. The van der Waals surface area contributed by atoms with E-state index >= 15 is 0 Å². The summed E-state index contributed by atoms with van der Waals surface area (Å²) in [6, 6.07) is 12.6. The van der Waals surface area contributed by atoms with Crippen LogP contribution in [0.25, 0.3) is 0 Å². The largest absolute Gasteiger partial charge is 0.493 e. The number of rotatable bonds is 4. The van der Waals surface area contributed by atoms with Gasteiger partial charge in [0, 0.05) is 36.8 Å². The molecule has 126 valence electrons. The van der Waals surface area contributed by atoms with Crippen LogP contribution in [-0.2, 0) is 11.3 Å². The zero-order valence-corrected chi connectivity index (χ0v) is 13.6. The summed E-state index contributed by atoms with van der Waals surface area (Å²) < 4.78 is 19.1. The highest BCUT2D eigenvalue weighted by molar-refractivity contribution is 5.88. The summed E-state index contributed by atoms with van der Waals surface area (Å²) in [7, 11) is 0. The Morgan fingerprint density at radius 1 is 1.29 bits per heavy atom. The second-order valence-electron chi connectivity index (χ2n) is 5.99. The lowest BCUT2D eigenvalue weighted by molar-refractivity contribution is -0.114. The van der Waals surface area contributed by atoms with Gasteiger partial charge >= 0.3 is 0 Å². The van der Waals surface area contributed by atoms with Gasteiger partial charge in [-0.15, -0.1) is 0 Å². The molecule has 0 saturated carbocycles. The van der Waals surface area contributed by atoms with Crippen LogP contribution >= 0.6 is 0 Å². The van der Waals surface area contributed by atoms with E-state index in [1.54, 1.807) is 6.07 Å². The first kappa shape index (κ1) is 16.5. The molecule has 2 aromatic carbocycles. The number of anilines is 1. The van der Waals surface area contributed by atoms with E-state index in [1.165, 1.54) is 19.1 Å². The van der Waals surface area contributed by atoms with E-state index in [0.717, 1.165) is 29.7 Å². The molecule has 0 radical (unpaired) electrons. The van der Waals surface area contributed by atoms with Crippen molar-refractivity contribution in [3.05, 3.63) is 59.4 Å². The van der Waals surface area contributed by atoms with Crippen molar-refractivity contribution >= 4 is 11.6 Å². The van der Waals surface area contributed by atoms with Crippen LogP contribution in [0.15, 0.2) is 42.5 Å². The summed E-state index contributed by atoms with van der Waals surface area (Å²) in [5, 5.41) is 6.31. The monoisotopic (exact) mass is 328 g/mol. The van der Waals surface area contributed by atoms with Gasteiger partial charge in [-0.3, -0.25) is 4.79 Å². The van der Waals surface area contributed by atoms with Gasteiger partial charge in [0.25, 0.3) is 0 Å². The number of halogens is 1. The number of ether oxygens (including phenoxy) is 1. The molecule has 1 amide bonds. The van der Waals surface area contributed by atoms with E-state index in [1.807, 2.05) is 24.3 Å². The molecule has 0 saturated heterocycles. The summed E-state index contributed by atoms with van der Waals surface area (Å²) >= 11 is 0. The predicted octanol–water partition coefficient (Wildman–Crippen LogP) is 3.79. The van der Waals surface area contributed by atoms with Crippen molar-refractivity contribution < 1.29 is 13.9 Å². The summed E-state index contributed by atoms with van der Waals surface area (Å²) in [4.78, 5) is 11.2. The topological polar surface area (TPSA) is 50.4 Å². The van der Waals surface area contributed by atoms with E-state index in [2.05, 4.69) is 10.6 Å². The fourth-order valence-electron chi connectivity index (χ4n) is 2.96. The molecule has 0 unspecified atom stereocenters. The minimum atomic E-state index is -0.280. The van der Waals surface area contributed by atoms with E-state index in [0.29, 0.717) is 18.9 Å². The van der Waals surface area contributed by atoms with E-state index in [4.69, 9.17) is 4.74 Å². The number of hydrogen-bond donors (Lipinski definition) is 2. The molecule has 1 aliphatic rings. The second-order valence-corrected chi connectivity index (χ2v) is 5.99. The van der Waals surface area contributed by atoms with Crippen molar-refractivity contribution in [2.75, 3.05) is 11.9 Å². The Bertz CT molecular complexity index is 733. The van der Waals surface area contributed by atoms with Crippen LogP contribution in [-0.4, -0.2) is 12.5 Å². The number of carbonyl (C=O) groups is 1. The van der Waals surface area contributed by atoms with Gasteiger partial charge in [0.15, 0.2) is 0 Å². The van der Waals surface area contributed by atoms with Crippen LogP contribution in [0.4, 0.5) is 10.1 Å². The summed E-state index contributed by atoms with van der Waals surface area (Å²) in [6.07, 6.45) is 1.85. The van der Waals surface area contributed by atoms with E-state index in [9.17, 15) is 9.18 Å². The lowest BCUT2D eigenvalue weighted by Crippen LogP contribution is -2.20. The number of benzene rings is 2. The quantitative estimate of drug-likeness (QED) is 0.898. The third-order valence-corrected chi connectivity index (χ3v) is 4.05. The normalized spacial score (nSPS) is 16.7. The van der Waals surface area contributed by atoms with Crippen LogP contribution < -0.4 is 15.4 Å². The van der Waals surface area contributed by atoms with Crippen LogP contribution in [0, 0.1) is 5.82 Å². The maximum atomic E-state index is 13.4. The summed E-state index contributed by atoms with van der Waals surface area (Å²) in [5.74, 6) is 0.256. The molecule has 0 aliphatic carbocycles. The van der Waals surface area contributed by atoms with Crippen LogP contribution in [0.2, 0.25) is 0 Å². The van der Waals surface area contributed by atoms with Crippen molar-refractivity contribution in [1.29, 1.82) is 0 Å². The molecule has 5 heteroatoms. The molecule has 2 N–H and O–H groups in total. The number of hydrogen-bond acceptors (Lipinski definition) is 3. The molecule has 1 aliphatic heterocycles. The standard InChI is InChI=1S/C19H21FN2O2/c1-13(23)22-16-5-2-4-14(10-16)12-21-18-6-3-9-24-19-11-15(20)7-8-17(18)19/h2,4-5,7-8,10-11,18,21H,3,6,9,12H2,1H3,(H,22,23)/t18-/m0/s1. The Balaban J connectivity index is 1.72. The van der Waals surface area contributed by atoms with Crippen molar-refractivity contribution in [2.24, 2.45) is 0 Å². The predicted molar refractivity (Wildman–Crippen MR) is 91.5 cm³/mol. The van der Waals surface area contributed by atoms with Gasteiger partial charge in [-0.2, -0.15) is 0 Å². The van der Waals surface area contributed by atoms with Crippen molar-refractivity contribution in [3.8, 4) is 5.75 Å². The lowest BCUT2D eigenvalue weighted by atomic mass is 10.0. The fourth-order valence-corrected chi connectivity index (χ4v) is 2.96. The molecule has 3 rings (SSSR count). The Morgan fingerprint density at radius 2 is 2.17 bits per heavy atom. The first-order chi connectivity index (χ1) is 11.6. The van der Waals surface area contributed by atoms with Gasteiger partial charge in [-0.1, -0.05) is 18.2 Å².